The molecular formula is C18H19F2N3. The maximum absolute atomic E-state index is 13.3. The third-order valence-corrected chi connectivity index (χ3v) is 4.93. The molecule has 2 fully saturated rings. The van der Waals surface area contributed by atoms with Crippen LogP contribution in [0.5, 0.6) is 0 Å². The lowest BCUT2D eigenvalue weighted by Gasteiger charge is -2.31. The quantitative estimate of drug-likeness (QED) is 0.855. The lowest BCUT2D eigenvalue weighted by atomic mass is 10.1. The SMILES string of the molecule is N#Cc1ccc2c(c1)cc(CN1CCC(F)(F)CC1)n2C1CC1. The molecule has 1 aliphatic heterocycles. The number of hydrogen-bond acceptors (Lipinski definition) is 2. The number of alkyl halides is 2. The molecule has 120 valence electrons. The molecule has 1 aromatic heterocycles. The predicted molar refractivity (Wildman–Crippen MR) is 84.4 cm³/mol. The van der Waals surface area contributed by atoms with Crippen LogP contribution in [0, 0.1) is 11.3 Å². The number of likely N-dealkylation sites (tertiary alicyclic amines) is 1. The number of rotatable bonds is 3. The summed E-state index contributed by atoms with van der Waals surface area (Å²) in [6.07, 6.45) is 2.26. The van der Waals surface area contributed by atoms with E-state index >= 15 is 0 Å². The Kier molecular flexibility index (Phi) is 3.38. The highest BCUT2D eigenvalue weighted by molar-refractivity contribution is 5.83. The van der Waals surface area contributed by atoms with Gasteiger partial charge in [-0.15, -0.1) is 0 Å². The summed E-state index contributed by atoms with van der Waals surface area (Å²) in [5, 5.41) is 10.1. The minimum absolute atomic E-state index is 0.0464. The Morgan fingerprint density at radius 2 is 1.91 bits per heavy atom. The van der Waals surface area contributed by atoms with Crippen LogP contribution in [-0.2, 0) is 6.54 Å². The molecule has 0 bridgehead atoms. The minimum Gasteiger partial charge on any atom is -0.340 e. The molecule has 1 saturated heterocycles. The van der Waals surface area contributed by atoms with Gasteiger partial charge in [0.15, 0.2) is 0 Å². The normalized spacial score (nSPS) is 21.4. The molecule has 0 unspecified atom stereocenters. The van der Waals surface area contributed by atoms with E-state index < -0.39 is 5.92 Å². The third-order valence-electron chi connectivity index (χ3n) is 4.93. The highest BCUT2D eigenvalue weighted by Crippen LogP contribution is 2.40. The summed E-state index contributed by atoms with van der Waals surface area (Å²) < 4.78 is 29.0. The molecule has 0 radical (unpaired) electrons. The smallest absolute Gasteiger partial charge is 0.250 e. The molecule has 0 atom stereocenters. The number of hydrogen-bond donors (Lipinski definition) is 0. The van der Waals surface area contributed by atoms with E-state index in [4.69, 9.17) is 5.26 Å². The topological polar surface area (TPSA) is 32.0 Å². The van der Waals surface area contributed by atoms with Crippen molar-refractivity contribution in [2.75, 3.05) is 13.1 Å². The summed E-state index contributed by atoms with van der Waals surface area (Å²) in [5.41, 5.74) is 3.00. The molecule has 1 aromatic carbocycles. The Morgan fingerprint density at radius 3 is 2.57 bits per heavy atom. The number of nitriles is 1. The third kappa shape index (κ3) is 2.84. The first-order chi connectivity index (χ1) is 11.1. The van der Waals surface area contributed by atoms with E-state index in [1.807, 2.05) is 18.2 Å². The molecule has 1 saturated carbocycles. The zero-order chi connectivity index (χ0) is 16.0. The average molecular weight is 315 g/mol. The standard InChI is InChI=1S/C18H19F2N3/c19-18(20)5-7-22(8-6-18)12-16-10-14-9-13(11-21)1-4-17(14)23(16)15-2-3-15/h1,4,9-10,15H,2-3,5-8,12H2. The van der Waals surface area contributed by atoms with Crippen LogP contribution in [0.2, 0.25) is 0 Å². The average Bonchev–Trinajstić information content (AvgIpc) is 3.30. The van der Waals surface area contributed by atoms with Crippen molar-refractivity contribution in [2.45, 2.75) is 44.2 Å². The van der Waals surface area contributed by atoms with Gasteiger partial charge in [-0.1, -0.05) is 0 Å². The van der Waals surface area contributed by atoms with Crippen LogP contribution in [0.4, 0.5) is 8.78 Å². The molecule has 0 N–H and O–H groups in total. The molecule has 2 heterocycles. The van der Waals surface area contributed by atoms with Gasteiger partial charge in [-0.3, -0.25) is 4.90 Å². The zero-order valence-corrected chi connectivity index (χ0v) is 12.9. The van der Waals surface area contributed by atoms with E-state index in [2.05, 4.69) is 21.6 Å². The van der Waals surface area contributed by atoms with E-state index in [1.54, 1.807) is 0 Å². The van der Waals surface area contributed by atoms with Crippen molar-refractivity contribution in [1.29, 1.82) is 5.26 Å². The number of benzene rings is 1. The Balaban J connectivity index is 1.64. The maximum Gasteiger partial charge on any atom is 0.250 e. The molecule has 5 heteroatoms. The van der Waals surface area contributed by atoms with Gasteiger partial charge >= 0.3 is 0 Å². The Morgan fingerprint density at radius 1 is 1.17 bits per heavy atom. The largest absolute Gasteiger partial charge is 0.340 e. The van der Waals surface area contributed by atoms with Crippen molar-refractivity contribution in [1.82, 2.24) is 9.47 Å². The number of aromatic nitrogens is 1. The minimum atomic E-state index is -2.50. The van der Waals surface area contributed by atoms with E-state index in [0.29, 0.717) is 31.2 Å². The van der Waals surface area contributed by atoms with E-state index in [1.165, 1.54) is 18.5 Å². The monoisotopic (exact) mass is 315 g/mol. The summed E-state index contributed by atoms with van der Waals surface area (Å²) in [6, 6.07) is 10.6. The number of nitrogens with zero attached hydrogens (tertiary/aromatic N) is 3. The summed E-state index contributed by atoms with van der Waals surface area (Å²) in [5.74, 6) is -2.50. The fourth-order valence-corrected chi connectivity index (χ4v) is 3.52. The molecule has 3 nitrogen and oxygen atoms in total. The van der Waals surface area contributed by atoms with Crippen LogP contribution in [0.1, 0.15) is 43.0 Å². The summed E-state index contributed by atoms with van der Waals surface area (Å²) in [7, 11) is 0. The second kappa shape index (κ2) is 5.31. The van der Waals surface area contributed by atoms with Crippen molar-refractivity contribution < 1.29 is 8.78 Å². The molecular weight excluding hydrogens is 296 g/mol. The number of halogens is 2. The summed E-state index contributed by atoms with van der Waals surface area (Å²) in [6.45, 7) is 1.61. The lowest BCUT2D eigenvalue weighted by Crippen LogP contribution is -2.39. The van der Waals surface area contributed by atoms with E-state index in [0.717, 1.165) is 10.9 Å². The van der Waals surface area contributed by atoms with Crippen LogP contribution in [-0.4, -0.2) is 28.5 Å². The van der Waals surface area contributed by atoms with Gasteiger partial charge in [-0.25, -0.2) is 8.78 Å². The van der Waals surface area contributed by atoms with Gasteiger partial charge in [0.2, 0.25) is 0 Å². The second-order valence-corrected chi connectivity index (χ2v) is 6.75. The van der Waals surface area contributed by atoms with Crippen molar-refractivity contribution in [3.05, 3.63) is 35.5 Å². The first-order valence-corrected chi connectivity index (χ1v) is 8.20. The predicted octanol–water partition coefficient (Wildman–Crippen LogP) is 4.08. The molecule has 2 aromatic rings. The molecule has 4 rings (SSSR count). The zero-order valence-electron chi connectivity index (χ0n) is 12.9. The Labute approximate surface area is 134 Å². The van der Waals surface area contributed by atoms with Gasteiger partial charge in [-0.2, -0.15) is 5.26 Å². The van der Waals surface area contributed by atoms with Crippen LogP contribution < -0.4 is 0 Å². The first-order valence-electron chi connectivity index (χ1n) is 8.20. The summed E-state index contributed by atoms with van der Waals surface area (Å²) in [4.78, 5) is 2.12. The van der Waals surface area contributed by atoms with Crippen molar-refractivity contribution in [3.63, 3.8) is 0 Å². The van der Waals surface area contributed by atoms with Gasteiger partial charge in [0.05, 0.1) is 11.6 Å². The second-order valence-electron chi connectivity index (χ2n) is 6.75. The van der Waals surface area contributed by atoms with Gasteiger partial charge < -0.3 is 4.57 Å². The Bertz CT molecular complexity index is 773. The van der Waals surface area contributed by atoms with Crippen LogP contribution in [0.25, 0.3) is 10.9 Å². The molecule has 0 amide bonds. The highest BCUT2D eigenvalue weighted by atomic mass is 19.3. The molecule has 23 heavy (non-hydrogen) atoms. The van der Waals surface area contributed by atoms with E-state index in [9.17, 15) is 8.78 Å². The van der Waals surface area contributed by atoms with E-state index in [-0.39, 0.29) is 12.8 Å². The fourth-order valence-electron chi connectivity index (χ4n) is 3.52. The van der Waals surface area contributed by atoms with Crippen molar-refractivity contribution >= 4 is 10.9 Å². The summed E-state index contributed by atoms with van der Waals surface area (Å²) >= 11 is 0. The molecule has 1 aliphatic carbocycles. The van der Waals surface area contributed by atoms with Gasteiger partial charge in [0.25, 0.3) is 5.92 Å². The van der Waals surface area contributed by atoms with Crippen LogP contribution in [0.3, 0.4) is 0 Å². The fraction of sp³-hybridized carbons (Fsp3) is 0.500. The van der Waals surface area contributed by atoms with Crippen molar-refractivity contribution in [3.8, 4) is 6.07 Å². The Hall–Kier alpha value is -1.93. The molecule has 2 aliphatic rings. The number of fused-ring (bicyclic) bond motifs is 1. The maximum atomic E-state index is 13.3. The van der Waals surface area contributed by atoms with Crippen LogP contribution >= 0.6 is 0 Å². The lowest BCUT2D eigenvalue weighted by molar-refractivity contribution is -0.0569. The van der Waals surface area contributed by atoms with Crippen molar-refractivity contribution in [2.24, 2.45) is 0 Å². The van der Waals surface area contributed by atoms with Gasteiger partial charge in [0, 0.05) is 55.1 Å². The molecule has 0 spiro atoms. The van der Waals surface area contributed by atoms with Crippen LogP contribution in [0.15, 0.2) is 24.3 Å². The van der Waals surface area contributed by atoms with Gasteiger partial charge in [0.1, 0.15) is 0 Å². The first kappa shape index (κ1) is 14.6. The number of piperidine rings is 1. The van der Waals surface area contributed by atoms with Gasteiger partial charge in [-0.05, 0) is 37.1 Å². The highest BCUT2D eigenvalue weighted by Gasteiger charge is 2.35.